The van der Waals surface area contributed by atoms with E-state index in [1.165, 1.54) is 7.05 Å². The molecule has 0 aliphatic heterocycles. The molecule has 4 rings (SSSR count). The van der Waals surface area contributed by atoms with Crippen molar-refractivity contribution < 1.29 is 9.53 Å². The van der Waals surface area contributed by atoms with Crippen molar-refractivity contribution in [2.24, 2.45) is 7.05 Å². The standard InChI is InChI=1S/C18H14N4O3/c1-21-17(23)14-7-3-2-6-13(14)16(20-21)18(24)25-11-12-10-22-9-5-4-8-15(22)19-12/h2-10H,11H2,1H3. The number of rotatable bonds is 3. The lowest BCUT2D eigenvalue weighted by atomic mass is 10.1. The van der Waals surface area contributed by atoms with Crippen molar-refractivity contribution in [1.29, 1.82) is 0 Å². The number of ether oxygens (including phenoxy) is 1. The maximum Gasteiger partial charge on any atom is 0.359 e. The molecule has 25 heavy (non-hydrogen) atoms. The lowest BCUT2D eigenvalue weighted by Gasteiger charge is -2.07. The number of imidazole rings is 1. The second kappa shape index (κ2) is 5.86. The summed E-state index contributed by atoms with van der Waals surface area (Å²) in [6.45, 7) is 0.0271. The molecular weight excluding hydrogens is 320 g/mol. The molecule has 0 spiro atoms. The van der Waals surface area contributed by atoms with Gasteiger partial charge in [-0.25, -0.2) is 14.5 Å². The van der Waals surface area contributed by atoms with Gasteiger partial charge in [0.05, 0.1) is 11.1 Å². The number of pyridine rings is 1. The number of carbonyl (C=O) groups is 1. The number of carbonyl (C=O) groups excluding carboxylic acids is 1. The smallest absolute Gasteiger partial charge is 0.359 e. The Morgan fingerprint density at radius 3 is 2.68 bits per heavy atom. The van der Waals surface area contributed by atoms with Gasteiger partial charge < -0.3 is 9.14 Å². The third-order valence-corrected chi connectivity index (χ3v) is 3.91. The molecule has 0 atom stereocenters. The summed E-state index contributed by atoms with van der Waals surface area (Å²) in [5, 5.41) is 4.97. The molecule has 0 aliphatic rings. The SMILES string of the molecule is Cn1nc(C(=O)OCc2cn3ccccc3n2)c2ccccc2c1=O. The average Bonchev–Trinajstić information content (AvgIpc) is 3.06. The minimum atomic E-state index is -0.594. The molecule has 0 amide bonds. The Balaban J connectivity index is 1.64. The van der Waals surface area contributed by atoms with E-state index in [0.29, 0.717) is 16.5 Å². The zero-order valence-corrected chi connectivity index (χ0v) is 13.4. The molecule has 0 bridgehead atoms. The molecule has 7 heteroatoms. The van der Waals surface area contributed by atoms with Gasteiger partial charge in [0.2, 0.25) is 0 Å². The van der Waals surface area contributed by atoms with Gasteiger partial charge in [-0.2, -0.15) is 5.10 Å². The van der Waals surface area contributed by atoms with Crippen molar-refractivity contribution in [3.05, 3.63) is 76.6 Å². The minimum absolute atomic E-state index is 0.0271. The van der Waals surface area contributed by atoms with Gasteiger partial charge in [0.25, 0.3) is 5.56 Å². The van der Waals surface area contributed by atoms with Crippen LogP contribution in [-0.4, -0.2) is 25.1 Å². The van der Waals surface area contributed by atoms with Gasteiger partial charge in [0.1, 0.15) is 12.3 Å². The number of fused-ring (bicyclic) bond motifs is 2. The van der Waals surface area contributed by atoms with Crippen molar-refractivity contribution >= 4 is 22.4 Å². The van der Waals surface area contributed by atoms with Gasteiger partial charge in [-0.05, 0) is 18.2 Å². The van der Waals surface area contributed by atoms with Gasteiger partial charge in [0.15, 0.2) is 5.69 Å². The third-order valence-electron chi connectivity index (χ3n) is 3.91. The summed E-state index contributed by atoms with van der Waals surface area (Å²) in [6.07, 6.45) is 3.67. The summed E-state index contributed by atoms with van der Waals surface area (Å²) >= 11 is 0. The second-order valence-corrected chi connectivity index (χ2v) is 5.60. The molecule has 3 heterocycles. The molecule has 0 unspecified atom stereocenters. The average molecular weight is 334 g/mol. The number of hydrogen-bond acceptors (Lipinski definition) is 5. The predicted molar refractivity (Wildman–Crippen MR) is 91.3 cm³/mol. The lowest BCUT2D eigenvalue weighted by molar-refractivity contribution is 0.0461. The first kappa shape index (κ1) is 15.1. The van der Waals surface area contributed by atoms with Gasteiger partial charge in [-0.15, -0.1) is 0 Å². The van der Waals surface area contributed by atoms with Gasteiger partial charge in [0, 0.05) is 24.8 Å². The van der Waals surface area contributed by atoms with E-state index in [1.54, 1.807) is 30.5 Å². The highest BCUT2D eigenvalue weighted by molar-refractivity contribution is 6.02. The van der Waals surface area contributed by atoms with E-state index in [-0.39, 0.29) is 17.9 Å². The number of nitrogens with zero attached hydrogens (tertiary/aromatic N) is 4. The van der Waals surface area contributed by atoms with Crippen LogP contribution in [0.1, 0.15) is 16.2 Å². The van der Waals surface area contributed by atoms with Crippen LogP contribution in [0, 0.1) is 0 Å². The molecule has 0 fully saturated rings. The number of esters is 1. The first-order valence-corrected chi connectivity index (χ1v) is 7.69. The molecule has 124 valence electrons. The largest absolute Gasteiger partial charge is 0.454 e. The topological polar surface area (TPSA) is 78.5 Å². The number of aromatic nitrogens is 4. The van der Waals surface area contributed by atoms with Crippen molar-refractivity contribution in [2.75, 3.05) is 0 Å². The van der Waals surface area contributed by atoms with Crippen molar-refractivity contribution in [3.8, 4) is 0 Å². The van der Waals surface area contributed by atoms with Crippen LogP contribution in [0.3, 0.4) is 0 Å². The van der Waals surface area contributed by atoms with Crippen LogP contribution in [0.4, 0.5) is 0 Å². The van der Waals surface area contributed by atoms with Crippen molar-refractivity contribution in [1.82, 2.24) is 19.2 Å². The van der Waals surface area contributed by atoms with E-state index >= 15 is 0 Å². The summed E-state index contributed by atoms with van der Waals surface area (Å²) < 4.78 is 8.35. The van der Waals surface area contributed by atoms with Crippen LogP contribution in [0.2, 0.25) is 0 Å². The molecular formula is C18H14N4O3. The van der Waals surface area contributed by atoms with E-state index in [2.05, 4.69) is 10.1 Å². The Kier molecular flexibility index (Phi) is 3.53. The summed E-state index contributed by atoms with van der Waals surface area (Å²) in [5.74, 6) is -0.594. The Morgan fingerprint density at radius 2 is 1.88 bits per heavy atom. The number of aryl methyl sites for hydroxylation is 1. The fourth-order valence-electron chi connectivity index (χ4n) is 2.72. The molecule has 4 aromatic rings. The Bertz CT molecular complexity index is 1130. The summed E-state index contributed by atoms with van der Waals surface area (Å²) in [4.78, 5) is 29.0. The van der Waals surface area contributed by atoms with E-state index in [1.807, 2.05) is 28.8 Å². The van der Waals surface area contributed by atoms with Gasteiger partial charge in [-0.3, -0.25) is 4.79 Å². The van der Waals surface area contributed by atoms with Crippen molar-refractivity contribution in [3.63, 3.8) is 0 Å². The van der Waals surface area contributed by atoms with Crippen LogP contribution in [0.5, 0.6) is 0 Å². The van der Waals surface area contributed by atoms with E-state index in [9.17, 15) is 9.59 Å². The third kappa shape index (κ3) is 2.65. The van der Waals surface area contributed by atoms with Crippen LogP contribution < -0.4 is 5.56 Å². The van der Waals surface area contributed by atoms with E-state index in [0.717, 1.165) is 10.3 Å². The Labute approximate surface area is 142 Å². The highest BCUT2D eigenvalue weighted by Crippen LogP contribution is 2.15. The van der Waals surface area contributed by atoms with Crippen LogP contribution in [0.15, 0.2) is 59.7 Å². The van der Waals surface area contributed by atoms with Crippen molar-refractivity contribution in [2.45, 2.75) is 6.61 Å². The molecule has 0 aliphatic carbocycles. The predicted octanol–water partition coefficient (Wildman–Crippen LogP) is 1.94. The fourth-order valence-corrected chi connectivity index (χ4v) is 2.72. The monoisotopic (exact) mass is 334 g/mol. The molecule has 0 saturated carbocycles. The Morgan fingerprint density at radius 1 is 1.12 bits per heavy atom. The molecule has 0 N–H and O–H groups in total. The fraction of sp³-hybridized carbons (Fsp3) is 0.111. The lowest BCUT2D eigenvalue weighted by Crippen LogP contribution is -2.23. The molecule has 0 radical (unpaired) electrons. The number of benzene rings is 1. The first-order chi connectivity index (χ1) is 12.1. The Hall–Kier alpha value is -3.48. The highest BCUT2D eigenvalue weighted by atomic mass is 16.5. The molecule has 1 aromatic carbocycles. The highest BCUT2D eigenvalue weighted by Gasteiger charge is 2.17. The normalized spacial score (nSPS) is 11.1. The van der Waals surface area contributed by atoms with Crippen LogP contribution in [-0.2, 0) is 18.4 Å². The summed E-state index contributed by atoms with van der Waals surface area (Å²) in [7, 11) is 1.51. The molecule has 7 nitrogen and oxygen atoms in total. The quantitative estimate of drug-likeness (QED) is 0.535. The second-order valence-electron chi connectivity index (χ2n) is 5.60. The van der Waals surface area contributed by atoms with Gasteiger partial charge in [-0.1, -0.05) is 24.3 Å². The maximum absolute atomic E-state index is 12.5. The summed E-state index contributed by atoms with van der Waals surface area (Å²) in [6, 6.07) is 12.5. The molecule has 0 saturated heterocycles. The van der Waals surface area contributed by atoms with Crippen LogP contribution >= 0.6 is 0 Å². The van der Waals surface area contributed by atoms with Crippen LogP contribution in [0.25, 0.3) is 16.4 Å². The maximum atomic E-state index is 12.5. The van der Waals surface area contributed by atoms with E-state index < -0.39 is 5.97 Å². The summed E-state index contributed by atoms with van der Waals surface area (Å²) in [5.41, 5.74) is 1.27. The zero-order chi connectivity index (χ0) is 17.4. The molecule has 3 aromatic heterocycles. The first-order valence-electron chi connectivity index (χ1n) is 7.69. The minimum Gasteiger partial charge on any atom is -0.454 e. The van der Waals surface area contributed by atoms with E-state index in [4.69, 9.17) is 4.74 Å². The van der Waals surface area contributed by atoms with Gasteiger partial charge >= 0.3 is 5.97 Å². The number of hydrogen-bond donors (Lipinski definition) is 0. The zero-order valence-electron chi connectivity index (χ0n) is 13.4.